The fraction of sp³-hybridized carbons (Fsp3) is 0.667. The van der Waals surface area contributed by atoms with Gasteiger partial charge in [-0.3, -0.25) is 9.59 Å². The summed E-state index contributed by atoms with van der Waals surface area (Å²) in [5.74, 6) is -2.36. The van der Waals surface area contributed by atoms with Crippen molar-refractivity contribution < 1.29 is 39.5 Å². The monoisotopic (exact) mass is 265 g/mol. The first-order valence-corrected chi connectivity index (χ1v) is 4.88. The number of aliphatic hydroxyl groups is 4. The van der Waals surface area contributed by atoms with Crippen LogP contribution in [-0.2, 0) is 14.3 Å². The minimum Gasteiger partial charge on any atom is -0.440 e. The number of carbonyl (C=O) groups is 3. The second-order valence-corrected chi connectivity index (χ2v) is 3.51. The standard InChI is InChI=1S/C9H15NO8/c1-3(12)5(14)7(16)8(18-9(10)17)6(15)4(13)2-11/h4,6-8,11,13,15-16H,2H2,1H3,(H2,10,17). The first-order valence-electron chi connectivity index (χ1n) is 4.88. The summed E-state index contributed by atoms with van der Waals surface area (Å²) in [6.07, 6.45) is -9.35. The number of primary amides is 1. The first-order chi connectivity index (χ1) is 8.22. The Bertz CT molecular complexity index is 331. The highest BCUT2D eigenvalue weighted by molar-refractivity contribution is 6.38. The Hall–Kier alpha value is -1.55. The van der Waals surface area contributed by atoms with Crippen LogP contribution in [0.3, 0.4) is 0 Å². The second kappa shape index (κ2) is 7.01. The highest BCUT2D eigenvalue weighted by Gasteiger charge is 2.39. The summed E-state index contributed by atoms with van der Waals surface area (Å²) in [6, 6.07) is 0. The van der Waals surface area contributed by atoms with E-state index in [1.807, 2.05) is 0 Å². The molecule has 0 aromatic carbocycles. The summed E-state index contributed by atoms with van der Waals surface area (Å²) in [7, 11) is 0. The fourth-order valence-electron chi connectivity index (χ4n) is 1.14. The smallest absolute Gasteiger partial charge is 0.404 e. The summed E-state index contributed by atoms with van der Waals surface area (Å²) in [6.45, 7) is -0.0531. The third-order valence-electron chi connectivity index (χ3n) is 2.10. The zero-order valence-corrected chi connectivity index (χ0v) is 9.52. The molecule has 0 rings (SSSR count). The molecular weight excluding hydrogens is 250 g/mol. The van der Waals surface area contributed by atoms with Gasteiger partial charge in [-0.2, -0.15) is 0 Å². The van der Waals surface area contributed by atoms with Crippen molar-refractivity contribution in [1.29, 1.82) is 0 Å². The molecule has 0 aliphatic rings. The number of nitrogens with two attached hydrogens (primary N) is 1. The van der Waals surface area contributed by atoms with E-state index in [-0.39, 0.29) is 0 Å². The van der Waals surface area contributed by atoms with Gasteiger partial charge in [-0.05, 0) is 0 Å². The van der Waals surface area contributed by atoms with Crippen molar-refractivity contribution in [3.8, 4) is 0 Å². The van der Waals surface area contributed by atoms with E-state index in [0.717, 1.165) is 6.92 Å². The minimum atomic E-state index is -2.19. The van der Waals surface area contributed by atoms with Crippen LogP contribution in [0.25, 0.3) is 0 Å². The normalized spacial score (nSPS) is 17.4. The second-order valence-electron chi connectivity index (χ2n) is 3.51. The summed E-state index contributed by atoms with van der Waals surface area (Å²) < 4.78 is 4.26. The Morgan fingerprint density at radius 2 is 1.72 bits per heavy atom. The quantitative estimate of drug-likeness (QED) is 0.298. The average molecular weight is 265 g/mol. The molecule has 18 heavy (non-hydrogen) atoms. The van der Waals surface area contributed by atoms with E-state index >= 15 is 0 Å². The Balaban J connectivity index is 5.03. The predicted molar refractivity (Wildman–Crippen MR) is 55.3 cm³/mol. The summed E-state index contributed by atoms with van der Waals surface area (Å²) in [4.78, 5) is 32.5. The van der Waals surface area contributed by atoms with Crippen LogP contribution >= 0.6 is 0 Å². The molecule has 6 N–H and O–H groups in total. The Labute approximate surface area is 102 Å². The number of rotatable bonds is 7. The van der Waals surface area contributed by atoms with Crippen molar-refractivity contribution in [3.63, 3.8) is 0 Å². The van der Waals surface area contributed by atoms with Crippen molar-refractivity contribution in [2.45, 2.75) is 31.3 Å². The maximum atomic E-state index is 11.2. The largest absolute Gasteiger partial charge is 0.440 e. The molecule has 0 bridgehead atoms. The molecule has 4 unspecified atom stereocenters. The molecule has 9 nitrogen and oxygen atoms in total. The van der Waals surface area contributed by atoms with Gasteiger partial charge in [0, 0.05) is 6.92 Å². The molecule has 0 aliphatic carbocycles. The molecule has 0 heterocycles. The highest BCUT2D eigenvalue weighted by Crippen LogP contribution is 2.11. The third kappa shape index (κ3) is 4.37. The molecule has 4 atom stereocenters. The van der Waals surface area contributed by atoms with Gasteiger partial charge in [0.2, 0.25) is 5.78 Å². The lowest BCUT2D eigenvalue weighted by Crippen LogP contribution is -2.52. The van der Waals surface area contributed by atoms with Gasteiger partial charge in [0.05, 0.1) is 6.61 Å². The number of carbonyl (C=O) groups excluding carboxylic acids is 3. The number of aliphatic hydroxyl groups excluding tert-OH is 4. The molecule has 0 fully saturated rings. The Morgan fingerprint density at radius 3 is 2.06 bits per heavy atom. The molecule has 104 valence electrons. The van der Waals surface area contributed by atoms with Crippen molar-refractivity contribution in [2.75, 3.05) is 6.61 Å². The molecule has 0 radical (unpaired) electrons. The van der Waals surface area contributed by atoms with Crippen LogP contribution in [0.15, 0.2) is 0 Å². The molecule has 1 amide bonds. The first kappa shape index (κ1) is 16.4. The SMILES string of the molecule is CC(=O)C(=O)C(O)C(OC(N)=O)C(O)C(O)CO. The molecule has 0 aromatic heterocycles. The van der Waals surface area contributed by atoms with Crippen LogP contribution in [0.5, 0.6) is 0 Å². The minimum absolute atomic E-state index is 0.863. The van der Waals surface area contributed by atoms with Gasteiger partial charge in [-0.1, -0.05) is 0 Å². The van der Waals surface area contributed by atoms with E-state index < -0.39 is 48.7 Å². The van der Waals surface area contributed by atoms with Crippen LogP contribution in [0.4, 0.5) is 4.79 Å². The van der Waals surface area contributed by atoms with Crippen molar-refractivity contribution in [3.05, 3.63) is 0 Å². The van der Waals surface area contributed by atoms with E-state index in [0.29, 0.717) is 0 Å². The number of amides is 1. The van der Waals surface area contributed by atoms with Crippen LogP contribution in [0.1, 0.15) is 6.92 Å². The molecule has 9 heteroatoms. The Kier molecular flexibility index (Phi) is 6.41. The van der Waals surface area contributed by atoms with Gasteiger partial charge in [0.25, 0.3) is 0 Å². The fourth-order valence-corrected chi connectivity index (χ4v) is 1.14. The molecule has 0 saturated carbocycles. The number of Topliss-reactive ketones (excluding diaryl/α,β-unsaturated/α-hetero) is 2. The van der Waals surface area contributed by atoms with Gasteiger partial charge in [0.1, 0.15) is 12.2 Å². The number of ketones is 2. The van der Waals surface area contributed by atoms with E-state index in [2.05, 4.69) is 10.5 Å². The summed E-state index contributed by atoms with van der Waals surface area (Å²) in [5.41, 5.74) is 4.66. The van der Waals surface area contributed by atoms with Gasteiger partial charge >= 0.3 is 6.09 Å². The predicted octanol–water partition coefficient (Wildman–Crippen LogP) is -3.32. The zero-order chi connectivity index (χ0) is 14.5. The molecule has 0 aliphatic heterocycles. The maximum Gasteiger partial charge on any atom is 0.404 e. The topological polar surface area (TPSA) is 167 Å². The number of hydrogen-bond acceptors (Lipinski definition) is 8. The van der Waals surface area contributed by atoms with Crippen LogP contribution in [-0.4, -0.2) is 69.1 Å². The van der Waals surface area contributed by atoms with E-state index in [4.69, 9.17) is 10.2 Å². The van der Waals surface area contributed by atoms with Crippen LogP contribution in [0.2, 0.25) is 0 Å². The van der Waals surface area contributed by atoms with Crippen molar-refractivity contribution in [2.24, 2.45) is 5.73 Å². The lowest BCUT2D eigenvalue weighted by Gasteiger charge is -2.27. The average Bonchev–Trinajstić information content (AvgIpc) is 2.31. The number of hydrogen-bond donors (Lipinski definition) is 5. The summed E-state index contributed by atoms with van der Waals surface area (Å²) in [5, 5.41) is 36.7. The molecule has 0 spiro atoms. The number of ether oxygens (including phenoxy) is 1. The van der Waals surface area contributed by atoms with Gasteiger partial charge in [0.15, 0.2) is 18.0 Å². The van der Waals surface area contributed by atoms with Crippen molar-refractivity contribution >= 4 is 17.7 Å². The van der Waals surface area contributed by atoms with Gasteiger partial charge in [-0.25, -0.2) is 4.79 Å². The lowest BCUT2D eigenvalue weighted by molar-refractivity contribution is -0.153. The van der Waals surface area contributed by atoms with Gasteiger partial charge in [-0.15, -0.1) is 0 Å². The Morgan fingerprint density at radius 1 is 1.22 bits per heavy atom. The maximum absolute atomic E-state index is 11.2. The summed E-state index contributed by atoms with van der Waals surface area (Å²) >= 11 is 0. The molecule has 0 saturated heterocycles. The zero-order valence-electron chi connectivity index (χ0n) is 9.52. The lowest BCUT2D eigenvalue weighted by atomic mass is 9.98. The van der Waals surface area contributed by atoms with E-state index in [1.54, 1.807) is 0 Å². The highest BCUT2D eigenvalue weighted by atomic mass is 16.6. The molecular formula is C9H15NO8. The van der Waals surface area contributed by atoms with Crippen molar-refractivity contribution in [1.82, 2.24) is 0 Å². The van der Waals surface area contributed by atoms with Crippen LogP contribution in [0, 0.1) is 0 Å². The van der Waals surface area contributed by atoms with Gasteiger partial charge < -0.3 is 30.9 Å². The van der Waals surface area contributed by atoms with E-state index in [9.17, 15) is 24.6 Å². The van der Waals surface area contributed by atoms with E-state index in [1.165, 1.54) is 0 Å². The third-order valence-corrected chi connectivity index (χ3v) is 2.10. The van der Waals surface area contributed by atoms with Crippen LogP contribution < -0.4 is 5.73 Å². The molecule has 0 aromatic rings.